The van der Waals surface area contributed by atoms with E-state index in [9.17, 15) is 0 Å². The van der Waals surface area contributed by atoms with E-state index in [1.807, 2.05) is 25.3 Å². The lowest BCUT2D eigenvalue weighted by atomic mass is 10.1. The lowest BCUT2D eigenvalue weighted by Gasteiger charge is -2.11. The highest BCUT2D eigenvalue weighted by Gasteiger charge is 2.11. The molecule has 2 N–H and O–H groups in total. The van der Waals surface area contributed by atoms with Gasteiger partial charge in [-0.1, -0.05) is 19.9 Å². The van der Waals surface area contributed by atoms with Crippen LogP contribution in [0.1, 0.15) is 42.4 Å². The smallest absolute Gasteiger partial charge is 0.133 e. The quantitative estimate of drug-likeness (QED) is 0.898. The second kappa shape index (κ2) is 5.12. The summed E-state index contributed by atoms with van der Waals surface area (Å²) in [5.74, 6) is 1.66. The molecule has 4 heteroatoms. The molecule has 94 valence electrons. The minimum atomic E-state index is 0.278. The summed E-state index contributed by atoms with van der Waals surface area (Å²) in [6.45, 7) is 6.10. The van der Waals surface area contributed by atoms with Gasteiger partial charge in [-0.25, -0.2) is 9.97 Å². The van der Waals surface area contributed by atoms with Gasteiger partial charge in [-0.3, -0.25) is 4.98 Å². The zero-order chi connectivity index (χ0) is 13.1. The number of pyridine rings is 1. The Kier molecular flexibility index (Phi) is 3.55. The number of aromatic nitrogens is 3. The normalized spacial score (nSPS) is 10.9. The highest BCUT2D eigenvalue weighted by Crippen LogP contribution is 2.19. The van der Waals surface area contributed by atoms with Crippen LogP contribution in [-0.4, -0.2) is 15.0 Å². The molecular weight excluding hydrogens is 224 g/mol. The van der Waals surface area contributed by atoms with Gasteiger partial charge in [-0.2, -0.15) is 0 Å². The summed E-state index contributed by atoms with van der Waals surface area (Å²) in [6, 6.07) is 3.97. The van der Waals surface area contributed by atoms with E-state index >= 15 is 0 Å². The van der Waals surface area contributed by atoms with Gasteiger partial charge in [0.05, 0.1) is 5.69 Å². The summed E-state index contributed by atoms with van der Waals surface area (Å²) < 4.78 is 0. The molecule has 0 amide bonds. The predicted octanol–water partition coefficient (Wildman–Crippen LogP) is 2.48. The number of anilines is 1. The first-order valence-corrected chi connectivity index (χ1v) is 6.09. The van der Waals surface area contributed by atoms with E-state index in [1.165, 1.54) is 0 Å². The van der Waals surface area contributed by atoms with Crippen LogP contribution in [0.15, 0.2) is 24.5 Å². The van der Waals surface area contributed by atoms with Crippen molar-refractivity contribution in [1.82, 2.24) is 15.0 Å². The number of hydrogen-bond acceptors (Lipinski definition) is 4. The van der Waals surface area contributed by atoms with Gasteiger partial charge in [0.15, 0.2) is 0 Å². The lowest BCUT2D eigenvalue weighted by Crippen LogP contribution is -2.09. The predicted molar refractivity (Wildman–Crippen MR) is 72.3 cm³/mol. The number of hydrogen-bond donors (Lipinski definition) is 1. The van der Waals surface area contributed by atoms with Crippen molar-refractivity contribution in [1.29, 1.82) is 0 Å². The van der Waals surface area contributed by atoms with Crippen LogP contribution in [0.3, 0.4) is 0 Å². The summed E-state index contributed by atoms with van der Waals surface area (Å²) in [6.07, 6.45) is 4.36. The van der Waals surface area contributed by atoms with Crippen LogP contribution < -0.4 is 5.73 Å². The van der Waals surface area contributed by atoms with Gasteiger partial charge >= 0.3 is 0 Å². The van der Waals surface area contributed by atoms with E-state index in [-0.39, 0.29) is 5.92 Å². The summed E-state index contributed by atoms with van der Waals surface area (Å²) >= 11 is 0. The fourth-order valence-corrected chi connectivity index (χ4v) is 1.73. The first-order valence-electron chi connectivity index (χ1n) is 6.09. The highest BCUT2D eigenvalue weighted by molar-refractivity contribution is 5.42. The minimum absolute atomic E-state index is 0.278. The van der Waals surface area contributed by atoms with Gasteiger partial charge in [0, 0.05) is 30.3 Å². The molecule has 0 aromatic carbocycles. The molecule has 2 heterocycles. The second-order valence-electron chi connectivity index (χ2n) is 4.73. The van der Waals surface area contributed by atoms with Crippen LogP contribution in [0.25, 0.3) is 0 Å². The fourth-order valence-electron chi connectivity index (χ4n) is 1.73. The number of rotatable bonds is 3. The molecule has 0 bridgehead atoms. The molecule has 0 fully saturated rings. The minimum Gasteiger partial charge on any atom is -0.383 e. The lowest BCUT2D eigenvalue weighted by molar-refractivity contribution is 0.759. The Bertz CT molecular complexity index is 535. The summed E-state index contributed by atoms with van der Waals surface area (Å²) in [7, 11) is 0. The SMILES string of the molecule is Cc1c(N)nc(C(C)C)nc1Cc1cccnc1. The van der Waals surface area contributed by atoms with Crippen molar-refractivity contribution < 1.29 is 0 Å². The molecule has 0 aliphatic heterocycles. The van der Waals surface area contributed by atoms with E-state index < -0.39 is 0 Å². The van der Waals surface area contributed by atoms with Crippen molar-refractivity contribution in [3.8, 4) is 0 Å². The molecule has 0 saturated heterocycles. The molecule has 18 heavy (non-hydrogen) atoms. The van der Waals surface area contributed by atoms with E-state index in [2.05, 4.69) is 28.8 Å². The molecule has 0 atom stereocenters. The number of nitrogen functional groups attached to an aromatic ring is 1. The average molecular weight is 242 g/mol. The Morgan fingerprint density at radius 2 is 2.06 bits per heavy atom. The molecule has 0 unspecified atom stereocenters. The Morgan fingerprint density at radius 3 is 2.67 bits per heavy atom. The molecule has 2 aromatic rings. The second-order valence-corrected chi connectivity index (χ2v) is 4.73. The first kappa shape index (κ1) is 12.5. The van der Waals surface area contributed by atoms with Crippen LogP contribution >= 0.6 is 0 Å². The van der Waals surface area contributed by atoms with E-state index in [0.717, 1.165) is 29.1 Å². The van der Waals surface area contributed by atoms with Crippen molar-refractivity contribution in [2.24, 2.45) is 0 Å². The van der Waals surface area contributed by atoms with Gasteiger partial charge in [-0.15, -0.1) is 0 Å². The number of nitrogens with two attached hydrogens (primary N) is 1. The third kappa shape index (κ3) is 2.64. The standard InChI is InChI=1S/C14H18N4/c1-9(2)14-17-12(10(3)13(15)18-14)7-11-5-4-6-16-8-11/h4-6,8-9H,7H2,1-3H3,(H2,15,17,18). The monoisotopic (exact) mass is 242 g/mol. The molecule has 0 radical (unpaired) electrons. The van der Waals surface area contributed by atoms with E-state index in [1.54, 1.807) is 6.20 Å². The fraction of sp³-hybridized carbons (Fsp3) is 0.357. The molecule has 0 spiro atoms. The summed E-state index contributed by atoms with van der Waals surface area (Å²) in [5, 5.41) is 0. The van der Waals surface area contributed by atoms with Crippen LogP contribution in [0, 0.1) is 6.92 Å². The molecule has 2 rings (SSSR count). The topological polar surface area (TPSA) is 64.7 Å². The molecule has 4 nitrogen and oxygen atoms in total. The van der Waals surface area contributed by atoms with Gasteiger partial charge < -0.3 is 5.73 Å². The van der Waals surface area contributed by atoms with Crippen molar-refractivity contribution in [2.45, 2.75) is 33.1 Å². The molecule has 0 saturated carbocycles. The van der Waals surface area contributed by atoms with Gasteiger partial charge in [0.1, 0.15) is 11.6 Å². The Hall–Kier alpha value is -1.97. The third-order valence-corrected chi connectivity index (χ3v) is 2.91. The molecule has 0 aliphatic carbocycles. The maximum Gasteiger partial charge on any atom is 0.133 e. The highest BCUT2D eigenvalue weighted by atomic mass is 15.0. The third-order valence-electron chi connectivity index (χ3n) is 2.91. The summed E-state index contributed by atoms with van der Waals surface area (Å²) in [4.78, 5) is 13.1. The first-order chi connectivity index (χ1) is 8.58. The van der Waals surface area contributed by atoms with Crippen LogP contribution in [0.5, 0.6) is 0 Å². The van der Waals surface area contributed by atoms with Crippen molar-refractivity contribution in [2.75, 3.05) is 5.73 Å². The van der Waals surface area contributed by atoms with E-state index in [4.69, 9.17) is 5.73 Å². The zero-order valence-corrected chi connectivity index (χ0v) is 11.0. The van der Waals surface area contributed by atoms with Crippen LogP contribution in [0.2, 0.25) is 0 Å². The number of nitrogens with zero attached hydrogens (tertiary/aromatic N) is 3. The molecule has 0 aliphatic rings. The van der Waals surface area contributed by atoms with Gasteiger partial charge in [0.2, 0.25) is 0 Å². The van der Waals surface area contributed by atoms with Crippen molar-refractivity contribution in [3.05, 3.63) is 47.2 Å². The Labute approximate surface area is 107 Å². The van der Waals surface area contributed by atoms with Gasteiger partial charge in [0.25, 0.3) is 0 Å². The van der Waals surface area contributed by atoms with Crippen LogP contribution in [0.4, 0.5) is 5.82 Å². The average Bonchev–Trinajstić information content (AvgIpc) is 2.35. The molecular formula is C14H18N4. The summed E-state index contributed by atoms with van der Waals surface area (Å²) in [5.41, 5.74) is 9.03. The Morgan fingerprint density at radius 1 is 1.28 bits per heavy atom. The van der Waals surface area contributed by atoms with Crippen molar-refractivity contribution >= 4 is 5.82 Å². The Balaban J connectivity index is 2.38. The zero-order valence-electron chi connectivity index (χ0n) is 11.0. The maximum atomic E-state index is 5.95. The van der Waals surface area contributed by atoms with Gasteiger partial charge in [-0.05, 0) is 18.6 Å². The maximum absolute atomic E-state index is 5.95. The molecule has 2 aromatic heterocycles. The van der Waals surface area contributed by atoms with Crippen molar-refractivity contribution in [3.63, 3.8) is 0 Å². The largest absolute Gasteiger partial charge is 0.383 e. The van der Waals surface area contributed by atoms with E-state index in [0.29, 0.717) is 5.82 Å². The van der Waals surface area contributed by atoms with Crippen LogP contribution in [-0.2, 0) is 6.42 Å².